The third-order valence-corrected chi connectivity index (χ3v) is 6.48. The number of fused-ring (bicyclic) bond motifs is 1. The van der Waals surface area contributed by atoms with Gasteiger partial charge in [0.05, 0.1) is 41.6 Å². The number of hydrogen-bond donors (Lipinski definition) is 2. The fourth-order valence-corrected chi connectivity index (χ4v) is 4.75. The fraction of sp³-hybridized carbons (Fsp3) is 0.385. The van der Waals surface area contributed by atoms with E-state index in [4.69, 9.17) is 10.5 Å². The van der Waals surface area contributed by atoms with E-state index in [0.717, 1.165) is 0 Å². The molecule has 3 aromatic rings. The van der Waals surface area contributed by atoms with Crippen molar-refractivity contribution in [2.75, 3.05) is 32.6 Å². The predicted octanol–water partition coefficient (Wildman–Crippen LogP) is 2.47. The maximum absolute atomic E-state index is 14.9. The molecule has 194 valence electrons. The number of methoxy groups -OCH3 is 1. The molecular formula is C26H30FN7O3. The number of rotatable bonds is 7. The Hall–Kier alpha value is -4.17. The van der Waals surface area contributed by atoms with Crippen molar-refractivity contribution in [3.63, 3.8) is 0 Å². The summed E-state index contributed by atoms with van der Waals surface area (Å²) in [5.41, 5.74) is 7.31. The zero-order chi connectivity index (χ0) is 26.9. The van der Waals surface area contributed by atoms with Crippen molar-refractivity contribution in [3.8, 4) is 11.8 Å². The number of imidazole rings is 1. The van der Waals surface area contributed by atoms with Gasteiger partial charge in [0.1, 0.15) is 17.2 Å². The van der Waals surface area contributed by atoms with Crippen LogP contribution in [0.1, 0.15) is 54.0 Å². The molecule has 0 unspecified atom stereocenters. The molecule has 3 N–H and O–H groups in total. The number of benzene rings is 1. The van der Waals surface area contributed by atoms with Gasteiger partial charge in [-0.2, -0.15) is 5.10 Å². The predicted molar refractivity (Wildman–Crippen MR) is 138 cm³/mol. The molecule has 2 amide bonds. The van der Waals surface area contributed by atoms with Gasteiger partial charge in [0.25, 0.3) is 5.91 Å². The summed E-state index contributed by atoms with van der Waals surface area (Å²) in [7, 11) is 3.21. The van der Waals surface area contributed by atoms with Gasteiger partial charge in [0, 0.05) is 32.8 Å². The lowest BCUT2D eigenvalue weighted by molar-refractivity contribution is -0.127. The minimum atomic E-state index is -0.725. The highest BCUT2D eigenvalue weighted by molar-refractivity contribution is 6.00. The highest BCUT2D eigenvalue weighted by atomic mass is 19.1. The van der Waals surface area contributed by atoms with Gasteiger partial charge >= 0.3 is 0 Å². The lowest BCUT2D eigenvalue weighted by Gasteiger charge is -2.22. The maximum Gasteiger partial charge on any atom is 0.255 e. The molecule has 10 nitrogen and oxygen atoms in total. The molecule has 0 aliphatic carbocycles. The van der Waals surface area contributed by atoms with Crippen LogP contribution in [0.3, 0.4) is 0 Å². The fourth-order valence-electron chi connectivity index (χ4n) is 4.75. The van der Waals surface area contributed by atoms with E-state index in [1.54, 1.807) is 36.1 Å². The number of nitrogens with two attached hydrogens (primary N) is 1. The van der Waals surface area contributed by atoms with Gasteiger partial charge in [-0.1, -0.05) is 12.5 Å². The second-order valence-electron chi connectivity index (χ2n) is 9.14. The summed E-state index contributed by atoms with van der Waals surface area (Å²) in [5, 5.41) is 7.55. The number of aromatic nitrogens is 4. The number of carbonyl (C=O) groups excluding carboxylic acids is 2. The Bertz CT molecular complexity index is 1430. The van der Waals surface area contributed by atoms with Crippen molar-refractivity contribution in [1.29, 1.82) is 0 Å². The van der Waals surface area contributed by atoms with Crippen molar-refractivity contribution in [2.45, 2.75) is 38.4 Å². The van der Waals surface area contributed by atoms with Gasteiger partial charge in [-0.15, -0.1) is 0 Å². The monoisotopic (exact) mass is 507 g/mol. The summed E-state index contributed by atoms with van der Waals surface area (Å²) < 4.78 is 23.7. The topological polar surface area (TPSA) is 120 Å². The van der Waals surface area contributed by atoms with Gasteiger partial charge in [0.15, 0.2) is 5.69 Å². The smallest absolute Gasteiger partial charge is 0.255 e. The van der Waals surface area contributed by atoms with Gasteiger partial charge in [-0.25, -0.2) is 14.1 Å². The Labute approximate surface area is 214 Å². The normalized spacial score (nSPS) is 17.2. The SMILES string of the molecule is C=CC(=O)N1C[C@@H](n2nc(C#Cc3cc4ncn(C(C)C)c4cc3F)c(C(N)=O)c2NC)C[C@@H]1COC. The molecule has 1 aliphatic rings. The van der Waals surface area contributed by atoms with Crippen LogP contribution in [0.15, 0.2) is 31.1 Å². The van der Waals surface area contributed by atoms with Crippen molar-refractivity contribution in [1.82, 2.24) is 24.2 Å². The van der Waals surface area contributed by atoms with Gasteiger partial charge < -0.3 is 25.3 Å². The van der Waals surface area contributed by atoms with Gasteiger partial charge in [-0.05, 0) is 38.3 Å². The van der Waals surface area contributed by atoms with E-state index in [2.05, 4.69) is 33.8 Å². The molecule has 4 rings (SSSR count). The average Bonchev–Trinajstić information content (AvgIpc) is 3.56. The van der Waals surface area contributed by atoms with Crippen molar-refractivity contribution < 1.29 is 18.7 Å². The Morgan fingerprint density at radius 3 is 2.76 bits per heavy atom. The lowest BCUT2D eigenvalue weighted by atomic mass is 10.1. The first-order chi connectivity index (χ1) is 17.7. The summed E-state index contributed by atoms with van der Waals surface area (Å²) in [4.78, 5) is 30.8. The zero-order valence-electron chi connectivity index (χ0n) is 21.3. The summed E-state index contributed by atoms with van der Waals surface area (Å²) >= 11 is 0. The first-order valence-electron chi connectivity index (χ1n) is 11.9. The molecule has 3 heterocycles. The van der Waals surface area contributed by atoms with E-state index in [9.17, 15) is 14.0 Å². The largest absolute Gasteiger partial charge is 0.383 e. The quantitative estimate of drug-likeness (QED) is 0.375. The summed E-state index contributed by atoms with van der Waals surface area (Å²) in [6, 6.07) is 2.64. The first kappa shape index (κ1) is 25.9. The highest BCUT2D eigenvalue weighted by Crippen LogP contribution is 2.32. The van der Waals surface area contributed by atoms with Crippen LogP contribution in [0.5, 0.6) is 0 Å². The lowest BCUT2D eigenvalue weighted by Crippen LogP contribution is -2.37. The van der Waals surface area contributed by atoms with E-state index < -0.39 is 11.7 Å². The van der Waals surface area contributed by atoms with Crippen molar-refractivity contribution in [3.05, 3.63) is 53.8 Å². The van der Waals surface area contributed by atoms with Crippen molar-refractivity contribution in [2.24, 2.45) is 5.73 Å². The van der Waals surface area contributed by atoms with Crippen LogP contribution in [0.2, 0.25) is 0 Å². The van der Waals surface area contributed by atoms with Crippen molar-refractivity contribution >= 4 is 28.7 Å². The number of ether oxygens (including phenoxy) is 1. The molecule has 0 saturated carbocycles. The number of halogens is 1. The standard InChI is InChI=1S/C26H30FN7O3/c1-6-23(35)32-12-17(10-18(32)13-37-5)34-26(29-4)24(25(28)36)20(31-34)8-7-16-9-21-22(11-19(16)27)33(14-30-21)15(2)3/h6,9,11,14-15,17-18,29H,1,10,12-13H2,2-5H3,(H2,28,36)/t17-,18+/m0/s1. The average molecular weight is 508 g/mol. The summed E-state index contributed by atoms with van der Waals surface area (Å²) in [5.74, 6) is 4.54. The molecule has 1 saturated heterocycles. The minimum Gasteiger partial charge on any atom is -0.383 e. The number of nitrogens with one attached hydrogen (secondary N) is 1. The molecular weight excluding hydrogens is 477 g/mol. The second-order valence-corrected chi connectivity index (χ2v) is 9.14. The van der Waals surface area contributed by atoms with Crippen LogP contribution < -0.4 is 11.1 Å². The molecule has 11 heteroatoms. The van der Waals surface area contributed by atoms with E-state index in [-0.39, 0.29) is 40.9 Å². The highest BCUT2D eigenvalue weighted by Gasteiger charge is 2.37. The van der Waals surface area contributed by atoms with Crippen LogP contribution in [0.4, 0.5) is 10.2 Å². The molecule has 37 heavy (non-hydrogen) atoms. The number of primary amides is 1. The van der Waals surface area contributed by atoms with Gasteiger partial charge in [0.2, 0.25) is 5.91 Å². The van der Waals surface area contributed by atoms with Crippen LogP contribution in [0.25, 0.3) is 11.0 Å². The van der Waals surface area contributed by atoms with Crippen LogP contribution in [0, 0.1) is 17.7 Å². The molecule has 1 aliphatic heterocycles. The Balaban J connectivity index is 1.75. The van der Waals surface area contributed by atoms with Crippen LogP contribution in [-0.4, -0.2) is 69.4 Å². The van der Waals surface area contributed by atoms with E-state index in [1.807, 2.05) is 18.4 Å². The number of carbonyl (C=O) groups is 2. The number of amides is 2. The first-order valence-corrected chi connectivity index (χ1v) is 11.9. The maximum atomic E-state index is 14.9. The third-order valence-electron chi connectivity index (χ3n) is 6.48. The second kappa shape index (κ2) is 10.4. The molecule has 1 fully saturated rings. The number of nitrogens with zero attached hydrogens (tertiary/aromatic N) is 5. The Kier molecular flexibility index (Phi) is 7.31. The summed E-state index contributed by atoms with van der Waals surface area (Å²) in [6.45, 7) is 8.24. The molecule has 0 radical (unpaired) electrons. The van der Waals surface area contributed by atoms with E-state index in [0.29, 0.717) is 36.4 Å². The zero-order valence-corrected chi connectivity index (χ0v) is 21.3. The third kappa shape index (κ3) is 4.80. The molecule has 0 bridgehead atoms. The Morgan fingerprint density at radius 2 is 2.14 bits per heavy atom. The molecule has 2 atom stereocenters. The van der Waals surface area contributed by atoms with Crippen LogP contribution in [-0.2, 0) is 9.53 Å². The van der Waals surface area contributed by atoms with Gasteiger partial charge in [-0.3, -0.25) is 9.59 Å². The minimum absolute atomic E-state index is 0.0948. The Morgan fingerprint density at radius 1 is 1.38 bits per heavy atom. The summed E-state index contributed by atoms with van der Waals surface area (Å²) in [6.07, 6.45) is 3.46. The molecule has 0 spiro atoms. The van der Waals surface area contributed by atoms with E-state index in [1.165, 1.54) is 12.1 Å². The van der Waals surface area contributed by atoms with E-state index >= 15 is 0 Å². The molecule has 2 aromatic heterocycles. The number of hydrogen-bond acceptors (Lipinski definition) is 6. The van der Waals surface area contributed by atoms with Crippen LogP contribution >= 0.6 is 0 Å². The molecule has 1 aromatic carbocycles. The number of anilines is 1. The number of likely N-dealkylation sites (tertiary alicyclic amines) is 1.